The Morgan fingerprint density at radius 1 is 1.42 bits per heavy atom. The van der Waals surface area contributed by atoms with Crippen LogP contribution in [0.2, 0.25) is 0 Å². The van der Waals surface area contributed by atoms with Crippen molar-refractivity contribution in [3.8, 4) is 0 Å². The Bertz CT molecular complexity index is 162. The first-order chi connectivity index (χ1) is 5.56. The molecule has 0 rings (SSSR count). The second-order valence-corrected chi connectivity index (χ2v) is 2.67. The molecule has 4 heteroatoms. The number of aliphatic hydroxyl groups is 1. The van der Waals surface area contributed by atoms with Crippen LogP contribution in [0.25, 0.3) is 0 Å². The molecular formula is C8H14O4. The van der Waals surface area contributed by atoms with E-state index in [1.54, 1.807) is 0 Å². The Labute approximate surface area is 71.5 Å². The van der Waals surface area contributed by atoms with Crippen molar-refractivity contribution in [2.45, 2.75) is 32.3 Å². The highest BCUT2D eigenvalue weighted by Crippen LogP contribution is 1.99. The van der Waals surface area contributed by atoms with Gasteiger partial charge in [-0.25, -0.2) is 0 Å². The van der Waals surface area contributed by atoms with Crippen LogP contribution in [-0.2, 0) is 14.3 Å². The highest BCUT2D eigenvalue weighted by atomic mass is 16.5. The fourth-order valence-electron chi connectivity index (χ4n) is 0.775. The molecule has 4 nitrogen and oxygen atoms in total. The first-order valence-electron chi connectivity index (χ1n) is 3.83. The van der Waals surface area contributed by atoms with Crippen molar-refractivity contribution in [2.75, 3.05) is 7.11 Å². The summed E-state index contributed by atoms with van der Waals surface area (Å²) in [6.07, 6.45) is -0.272. The Balaban J connectivity index is 3.51. The van der Waals surface area contributed by atoms with E-state index in [2.05, 4.69) is 4.74 Å². The van der Waals surface area contributed by atoms with Gasteiger partial charge in [-0.3, -0.25) is 9.59 Å². The summed E-state index contributed by atoms with van der Waals surface area (Å²) < 4.78 is 4.35. The molecule has 0 heterocycles. The maximum absolute atomic E-state index is 10.9. The zero-order chi connectivity index (χ0) is 9.56. The molecule has 0 saturated heterocycles. The van der Waals surface area contributed by atoms with Gasteiger partial charge in [0.15, 0.2) is 0 Å². The lowest BCUT2D eigenvalue weighted by molar-refractivity contribution is -0.142. The standard InChI is InChI=1S/C8H14O4/c1-6(9)5-7(10)3-4-8(11)12-2/h6,9H,3-5H2,1-2H3. The number of hydrogen-bond acceptors (Lipinski definition) is 4. The van der Waals surface area contributed by atoms with E-state index in [0.29, 0.717) is 0 Å². The zero-order valence-corrected chi connectivity index (χ0v) is 7.37. The van der Waals surface area contributed by atoms with Crippen LogP contribution in [0.3, 0.4) is 0 Å². The van der Waals surface area contributed by atoms with Crippen LogP contribution in [0.4, 0.5) is 0 Å². The van der Waals surface area contributed by atoms with Crippen LogP contribution in [0.1, 0.15) is 26.2 Å². The Hall–Kier alpha value is -0.900. The van der Waals surface area contributed by atoms with Crippen molar-refractivity contribution >= 4 is 11.8 Å². The van der Waals surface area contributed by atoms with Gasteiger partial charge in [0.25, 0.3) is 0 Å². The predicted molar refractivity (Wildman–Crippen MR) is 42.6 cm³/mol. The smallest absolute Gasteiger partial charge is 0.305 e. The lowest BCUT2D eigenvalue weighted by Crippen LogP contribution is -2.11. The zero-order valence-electron chi connectivity index (χ0n) is 7.37. The van der Waals surface area contributed by atoms with Crippen LogP contribution in [0.5, 0.6) is 0 Å². The van der Waals surface area contributed by atoms with Crippen LogP contribution in [0.15, 0.2) is 0 Å². The van der Waals surface area contributed by atoms with E-state index in [4.69, 9.17) is 5.11 Å². The number of carbonyl (C=O) groups excluding carboxylic acids is 2. The molecule has 0 aromatic heterocycles. The summed E-state index contributed by atoms with van der Waals surface area (Å²) >= 11 is 0. The second-order valence-electron chi connectivity index (χ2n) is 2.67. The van der Waals surface area contributed by atoms with Crippen molar-refractivity contribution in [2.24, 2.45) is 0 Å². The predicted octanol–water partition coefficient (Wildman–Crippen LogP) is 0.280. The SMILES string of the molecule is COC(=O)CCC(=O)CC(C)O. The molecule has 0 aromatic rings. The van der Waals surface area contributed by atoms with Gasteiger partial charge in [0.1, 0.15) is 5.78 Å². The van der Waals surface area contributed by atoms with Crippen molar-refractivity contribution in [1.29, 1.82) is 0 Å². The number of ether oxygens (including phenoxy) is 1. The average Bonchev–Trinajstić information content (AvgIpc) is 1.99. The molecular weight excluding hydrogens is 160 g/mol. The number of methoxy groups -OCH3 is 1. The molecule has 70 valence electrons. The maximum Gasteiger partial charge on any atom is 0.305 e. The molecule has 0 amide bonds. The molecule has 1 N–H and O–H groups in total. The number of aliphatic hydroxyl groups excluding tert-OH is 1. The molecule has 0 aromatic carbocycles. The first kappa shape index (κ1) is 11.1. The lowest BCUT2D eigenvalue weighted by Gasteiger charge is -2.01. The van der Waals surface area contributed by atoms with Gasteiger partial charge >= 0.3 is 5.97 Å². The fourth-order valence-corrected chi connectivity index (χ4v) is 0.775. The van der Waals surface area contributed by atoms with Gasteiger partial charge in [0.2, 0.25) is 0 Å². The molecule has 0 bridgehead atoms. The van der Waals surface area contributed by atoms with E-state index in [9.17, 15) is 9.59 Å². The first-order valence-corrected chi connectivity index (χ1v) is 3.83. The second kappa shape index (κ2) is 5.71. The van der Waals surface area contributed by atoms with Gasteiger partial charge < -0.3 is 9.84 Å². The molecule has 1 atom stereocenters. The third-order valence-corrected chi connectivity index (χ3v) is 1.36. The summed E-state index contributed by atoms with van der Waals surface area (Å²) in [5.74, 6) is -0.510. The number of esters is 1. The van der Waals surface area contributed by atoms with Crippen LogP contribution < -0.4 is 0 Å². The summed E-state index contributed by atoms with van der Waals surface area (Å²) in [5, 5.41) is 8.81. The molecule has 0 aliphatic carbocycles. The number of carbonyl (C=O) groups is 2. The summed E-state index contributed by atoms with van der Waals surface area (Å²) in [6, 6.07) is 0. The van der Waals surface area contributed by atoms with E-state index >= 15 is 0 Å². The highest BCUT2D eigenvalue weighted by molar-refractivity contribution is 5.83. The monoisotopic (exact) mass is 174 g/mol. The maximum atomic E-state index is 10.9. The van der Waals surface area contributed by atoms with E-state index in [-0.39, 0.29) is 25.0 Å². The molecule has 0 spiro atoms. The van der Waals surface area contributed by atoms with Gasteiger partial charge in [0, 0.05) is 12.8 Å². The summed E-state index contributed by atoms with van der Waals surface area (Å²) in [5.41, 5.74) is 0. The average molecular weight is 174 g/mol. The van der Waals surface area contributed by atoms with E-state index in [0.717, 1.165) is 0 Å². The summed E-state index contributed by atoms with van der Waals surface area (Å²) in [4.78, 5) is 21.5. The molecule has 0 aliphatic heterocycles. The van der Waals surface area contributed by atoms with E-state index in [1.807, 2.05) is 0 Å². The minimum atomic E-state index is -0.629. The minimum Gasteiger partial charge on any atom is -0.469 e. The summed E-state index contributed by atoms with van der Waals surface area (Å²) in [7, 11) is 1.28. The van der Waals surface area contributed by atoms with Crippen molar-refractivity contribution in [3.05, 3.63) is 0 Å². The minimum absolute atomic E-state index is 0.0993. The third-order valence-electron chi connectivity index (χ3n) is 1.36. The topological polar surface area (TPSA) is 63.6 Å². The normalized spacial score (nSPS) is 12.2. The Morgan fingerprint density at radius 2 is 2.00 bits per heavy atom. The number of ketones is 1. The number of rotatable bonds is 5. The van der Waals surface area contributed by atoms with Gasteiger partial charge in [0.05, 0.1) is 19.6 Å². The van der Waals surface area contributed by atoms with Gasteiger partial charge in [-0.2, -0.15) is 0 Å². The van der Waals surface area contributed by atoms with Crippen molar-refractivity contribution in [3.63, 3.8) is 0 Å². The molecule has 0 saturated carbocycles. The van der Waals surface area contributed by atoms with Gasteiger partial charge in [-0.1, -0.05) is 0 Å². The van der Waals surface area contributed by atoms with Crippen molar-refractivity contribution in [1.82, 2.24) is 0 Å². The largest absolute Gasteiger partial charge is 0.469 e. The van der Waals surface area contributed by atoms with Crippen LogP contribution >= 0.6 is 0 Å². The number of hydrogen-bond donors (Lipinski definition) is 1. The quantitative estimate of drug-likeness (QED) is 0.608. The summed E-state index contributed by atoms with van der Waals surface area (Å²) in [6.45, 7) is 1.54. The molecule has 0 fully saturated rings. The van der Waals surface area contributed by atoms with Gasteiger partial charge in [-0.15, -0.1) is 0 Å². The molecule has 1 unspecified atom stereocenters. The van der Waals surface area contributed by atoms with E-state index in [1.165, 1.54) is 14.0 Å². The molecule has 0 radical (unpaired) electrons. The van der Waals surface area contributed by atoms with Crippen LogP contribution in [0, 0.1) is 0 Å². The lowest BCUT2D eigenvalue weighted by atomic mass is 10.1. The molecule has 12 heavy (non-hydrogen) atoms. The Morgan fingerprint density at radius 3 is 2.42 bits per heavy atom. The van der Waals surface area contributed by atoms with Crippen molar-refractivity contribution < 1.29 is 19.4 Å². The fraction of sp³-hybridized carbons (Fsp3) is 0.750. The van der Waals surface area contributed by atoms with Gasteiger partial charge in [-0.05, 0) is 6.92 Å². The Kier molecular flexibility index (Phi) is 5.28. The molecule has 0 aliphatic rings. The number of Topliss-reactive ketones (excluding diaryl/α,β-unsaturated/α-hetero) is 1. The van der Waals surface area contributed by atoms with E-state index < -0.39 is 12.1 Å². The highest BCUT2D eigenvalue weighted by Gasteiger charge is 2.08. The van der Waals surface area contributed by atoms with Crippen LogP contribution in [-0.4, -0.2) is 30.1 Å². The third kappa shape index (κ3) is 5.85.